The lowest BCUT2D eigenvalue weighted by Crippen LogP contribution is -2.33. The van der Waals surface area contributed by atoms with E-state index in [1.165, 1.54) is 0 Å². The molecule has 0 aliphatic rings. The molecule has 0 aliphatic carbocycles. The minimum Gasteiger partial charge on any atom is -0.508 e. The van der Waals surface area contributed by atoms with Gasteiger partial charge in [-0.1, -0.05) is 17.7 Å². The Hall–Kier alpha value is -1.20. The number of rotatable bonds is 5. The van der Waals surface area contributed by atoms with Crippen LogP contribution in [0.25, 0.3) is 0 Å². The van der Waals surface area contributed by atoms with E-state index in [1.807, 2.05) is 6.92 Å². The molecule has 0 spiro atoms. The van der Waals surface area contributed by atoms with Gasteiger partial charge >= 0.3 is 0 Å². The summed E-state index contributed by atoms with van der Waals surface area (Å²) < 4.78 is 24.2. The highest BCUT2D eigenvalue weighted by Gasteiger charge is 2.18. The number of halogens is 2. The van der Waals surface area contributed by atoms with Gasteiger partial charge in [0.1, 0.15) is 11.9 Å². The van der Waals surface area contributed by atoms with Crippen molar-refractivity contribution in [3.05, 3.63) is 29.3 Å². The lowest BCUT2D eigenvalue weighted by molar-refractivity contribution is -0.00441. The first-order chi connectivity index (χ1) is 7.91. The first kappa shape index (κ1) is 13.9. The molecule has 5 heteroatoms. The first-order valence-electron chi connectivity index (χ1n) is 5.41. The van der Waals surface area contributed by atoms with Crippen LogP contribution in [0.2, 0.25) is 0 Å². The molecule has 1 rings (SSSR count). The van der Waals surface area contributed by atoms with Gasteiger partial charge in [0.25, 0.3) is 6.43 Å². The van der Waals surface area contributed by atoms with Gasteiger partial charge in [0.15, 0.2) is 0 Å². The second-order valence-electron chi connectivity index (χ2n) is 4.09. The van der Waals surface area contributed by atoms with Gasteiger partial charge in [-0.15, -0.1) is 0 Å². The minimum atomic E-state index is -2.76. The molecule has 1 aromatic carbocycles. The molecule has 2 atom stereocenters. The Morgan fingerprint density at radius 3 is 2.59 bits per heavy atom. The predicted molar refractivity (Wildman–Crippen MR) is 61.3 cm³/mol. The normalized spacial score (nSPS) is 14.9. The summed E-state index contributed by atoms with van der Waals surface area (Å²) in [7, 11) is 0. The van der Waals surface area contributed by atoms with Crippen LogP contribution in [0.1, 0.15) is 24.1 Å². The van der Waals surface area contributed by atoms with E-state index >= 15 is 0 Å². The third kappa shape index (κ3) is 3.94. The van der Waals surface area contributed by atoms with Gasteiger partial charge in [-0.3, -0.25) is 0 Å². The fraction of sp³-hybridized carbons (Fsp3) is 0.500. The Morgan fingerprint density at radius 2 is 2.00 bits per heavy atom. The fourth-order valence-electron chi connectivity index (χ4n) is 1.52. The second-order valence-corrected chi connectivity index (χ2v) is 4.09. The molecule has 0 bridgehead atoms. The van der Waals surface area contributed by atoms with E-state index in [0.717, 1.165) is 5.56 Å². The average Bonchev–Trinajstić information content (AvgIpc) is 2.28. The van der Waals surface area contributed by atoms with E-state index in [9.17, 15) is 13.9 Å². The van der Waals surface area contributed by atoms with Gasteiger partial charge < -0.3 is 15.5 Å². The fourth-order valence-corrected chi connectivity index (χ4v) is 1.52. The van der Waals surface area contributed by atoms with Gasteiger partial charge in [0.05, 0.1) is 0 Å². The quantitative estimate of drug-likeness (QED) is 0.743. The Bertz CT molecular complexity index is 372. The molecule has 3 N–H and O–H groups in total. The van der Waals surface area contributed by atoms with Crippen LogP contribution in [-0.4, -0.2) is 29.3 Å². The molecule has 1 aromatic rings. The monoisotopic (exact) mass is 245 g/mol. The molecular formula is C12H17F2NO2. The lowest BCUT2D eigenvalue weighted by atomic mass is 10.0. The Balaban J connectivity index is 2.63. The van der Waals surface area contributed by atoms with Crippen LogP contribution in [-0.2, 0) is 0 Å². The molecule has 0 aromatic heterocycles. The van der Waals surface area contributed by atoms with Gasteiger partial charge in [0.2, 0.25) is 0 Å². The third-order valence-electron chi connectivity index (χ3n) is 2.57. The summed E-state index contributed by atoms with van der Waals surface area (Å²) in [5.74, 6) is 0.113. The Labute approximate surface area is 99.1 Å². The summed E-state index contributed by atoms with van der Waals surface area (Å²) in [6.45, 7) is 3.41. The molecule has 0 radical (unpaired) electrons. The standard InChI is InChI=1S/C12H17F2NO2/c1-7-3-4-10(16)9(5-7)8(2)15-6-11(17)12(13)14/h3-5,8,11-12,15-17H,6H2,1-2H3. The summed E-state index contributed by atoms with van der Waals surface area (Å²) in [6, 6.07) is 4.80. The van der Waals surface area contributed by atoms with Crippen molar-refractivity contribution in [3.8, 4) is 5.75 Å². The summed E-state index contributed by atoms with van der Waals surface area (Å²) in [4.78, 5) is 0. The number of phenolic OH excluding ortho intramolecular Hbond substituents is 1. The number of aromatic hydroxyl groups is 1. The number of phenols is 1. The van der Waals surface area contributed by atoms with E-state index in [1.54, 1.807) is 25.1 Å². The van der Waals surface area contributed by atoms with E-state index in [-0.39, 0.29) is 18.3 Å². The van der Waals surface area contributed by atoms with Crippen LogP contribution in [0.5, 0.6) is 5.75 Å². The van der Waals surface area contributed by atoms with Crippen molar-refractivity contribution in [2.75, 3.05) is 6.54 Å². The van der Waals surface area contributed by atoms with Gasteiger partial charge in [0, 0.05) is 18.2 Å². The zero-order valence-electron chi connectivity index (χ0n) is 9.82. The second kappa shape index (κ2) is 5.93. The molecule has 0 saturated heterocycles. The van der Waals surface area contributed by atoms with Crippen molar-refractivity contribution in [1.82, 2.24) is 5.32 Å². The van der Waals surface area contributed by atoms with E-state index in [4.69, 9.17) is 5.11 Å². The molecule has 0 heterocycles. The topological polar surface area (TPSA) is 52.5 Å². The van der Waals surface area contributed by atoms with Gasteiger partial charge in [-0.25, -0.2) is 8.78 Å². The molecule has 0 aliphatic heterocycles. The zero-order chi connectivity index (χ0) is 13.0. The van der Waals surface area contributed by atoms with E-state index in [2.05, 4.69) is 5.32 Å². The van der Waals surface area contributed by atoms with Crippen molar-refractivity contribution in [2.45, 2.75) is 32.4 Å². The van der Waals surface area contributed by atoms with Crippen molar-refractivity contribution in [2.24, 2.45) is 0 Å². The van der Waals surface area contributed by atoms with Crippen molar-refractivity contribution in [3.63, 3.8) is 0 Å². The maximum atomic E-state index is 12.1. The molecule has 3 nitrogen and oxygen atoms in total. The molecule has 0 fully saturated rings. The number of aryl methyl sites for hydroxylation is 1. The lowest BCUT2D eigenvalue weighted by Gasteiger charge is -2.18. The maximum Gasteiger partial charge on any atom is 0.265 e. The molecule has 0 amide bonds. The highest BCUT2D eigenvalue weighted by Crippen LogP contribution is 2.24. The van der Waals surface area contributed by atoms with E-state index < -0.39 is 12.5 Å². The summed E-state index contributed by atoms with van der Waals surface area (Å²) in [5.41, 5.74) is 1.60. The van der Waals surface area contributed by atoms with Gasteiger partial charge in [-0.2, -0.15) is 0 Å². The zero-order valence-corrected chi connectivity index (χ0v) is 9.82. The molecular weight excluding hydrogens is 228 g/mol. The van der Waals surface area contributed by atoms with Crippen LogP contribution < -0.4 is 5.32 Å². The highest BCUT2D eigenvalue weighted by atomic mass is 19.3. The van der Waals surface area contributed by atoms with Crippen molar-refractivity contribution < 1.29 is 19.0 Å². The number of benzene rings is 1. The molecule has 96 valence electrons. The molecule has 17 heavy (non-hydrogen) atoms. The highest BCUT2D eigenvalue weighted by molar-refractivity contribution is 5.37. The summed E-state index contributed by atoms with van der Waals surface area (Å²) >= 11 is 0. The smallest absolute Gasteiger partial charge is 0.265 e. The Kier molecular flexibility index (Phi) is 4.84. The SMILES string of the molecule is Cc1ccc(O)c(C(C)NCC(O)C(F)F)c1. The first-order valence-corrected chi connectivity index (χ1v) is 5.41. The number of aliphatic hydroxyl groups excluding tert-OH is 1. The number of hydrogen-bond donors (Lipinski definition) is 3. The number of aliphatic hydroxyl groups is 1. The minimum absolute atomic E-state index is 0.113. The summed E-state index contributed by atoms with van der Waals surface area (Å²) in [6.07, 6.45) is -4.45. The molecule has 0 saturated carbocycles. The predicted octanol–water partition coefficient (Wildman–Crippen LogP) is 1.98. The van der Waals surface area contributed by atoms with Crippen LogP contribution in [0.4, 0.5) is 8.78 Å². The molecule has 2 unspecified atom stereocenters. The number of hydrogen-bond acceptors (Lipinski definition) is 3. The van der Waals surface area contributed by atoms with Crippen LogP contribution in [0.15, 0.2) is 18.2 Å². The maximum absolute atomic E-state index is 12.1. The van der Waals surface area contributed by atoms with Crippen LogP contribution in [0.3, 0.4) is 0 Å². The largest absolute Gasteiger partial charge is 0.508 e. The summed E-state index contributed by atoms with van der Waals surface area (Å²) in [5, 5.41) is 21.4. The van der Waals surface area contributed by atoms with Crippen LogP contribution in [0, 0.1) is 6.92 Å². The van der Waals surface area contributed by atoms with E-state index in [0.29, 0.717) is 5.56 Å². The van der Waals surface area contributed by atoms with Crippen LogP contribution >= 0.6 is 0 Å². The number of nitrogens with one attached hydrogen (secondary N) is 1. The third-order valence-corrected chi connectivity index (χ3v) is 2.57. The van der Waals surface area contributed by atoms with Crippen molar-refractivity contribution in [1.29, 1.82) is 0 Å². The number of alkyl halides is 2. The average molecular weight is 245 g/mol. The van der Waals surface area contributed by atoms with Gasteiger partial charge in [-0.05, 0) is 19.9 Å². The Morgan fingerprint density at radius 1 is 1.35 bits per heavy atom. The van der Waals surface area contributed by atoms with Crippen molar-refractivity contribution >= 4 is 0 Å².